The minimum absolute atomic E-state index is 0.656. The van der Waals surface area contributed by atoms with Gasteiger partial charge in [-0.25, -0.2) is 0 Å². The van der Waals surface area contributed by atoms with Gasteiger partial charge in [0.05, 0.1) is 0 Å². The van der Waals surface area contributed by atoms with Crippen molar-refractivity contribution in [2.75, 3.05) is 0 Å². The molecule has 126 valence electrons. The third-order valence-electron chi connectivity index (χ3n) is 4.73. The Morgan fingerprint density at radius 1 is 0.682 bits per heavy atom. The molecule has 0 aliphatic heterocycles. The second-order valence-corrected chi connectivity index (χ2v) is 7.14. The molecule has 0 saturated carbocycles. The van der Waals surface area contributed by atoms with Crippen molar-refractivity contribution in [3.05, 3.63) is 35.4 Å². The first-order chi connectivity index (χ1) is 10.8. The van der Waals surface area contributed by atoms with Crippen molar-refractivity contribution in [2.24, 2.45) is 0 Å². The first-order valence-electron chi connectivity index (χ1n) is 9.83. The lowest BCUT2D eigenvalue weighted by Gasteiger charge is -2.12. The number of hydrogen-bond acceptors (Lipinski definition) is 0. The topological polar surface area (TPSA) is 0 Å². The van der Waals surface area contributed by atoms with Crippen molar-refractivity contribution in [3.8, 4) is 0 Å². The highest BCUT2D eigenvalue weighted by Crippen LogP contribution is 2.21. The summed E-state index contributed by atoms with van der Waals surface area (Å²) in [4.78, 5) is 0. The Bertz CT molecular complexity index is 364. The summed E-state index contributed by atoms with van der Waals surface area (Å²) < 4.78 is 0. The smallest absolute Gasteiger partial charge is 0.0216 e. The quantitative estimate of drug-likeness (QED) is 0.328. The second kappa shape index (κ2) is 12.7. The molecule has 0 saturated heterocycles. The highest BCUT2D eigenvalue weighted by Gasteiger charge is 2.05. The van der Waals surface area contributed by atoms with Gasteiger partial charge in [-0.1, -0.05) is 109 Å². The van der Waals surface area contributed by atoms with Crippen molar-refractivity contribution in [2.45, 2.75) is 104 Å². The van der Waals surface area contributed by atoms with E-state index in [0.717, 1.165) is 0 Å². The van der Waals surface area contributed by atoms with Crippen molar-refractivity contribution in [3.63, 3.8) is 0 Å². The zero-order valence-corrected chi connectivity index (χ0v) is 15.4. The summed E-state index contributed by atoms with van der Waals surface area (Å²) in [6.07, 6.45) is 17.0. The van der Waals surface area contributed by atoms with E-state index in [1.54, 1.807) is 11.1 Å². The highest BCUT2D eigenvalue weighted by atomic mass is 14.1. The van der Waals surface area contributed by atoms with Crippen molar-refractivity contribution in [1.29, 1.82) is 0 Å². The van der Waals surface area contributed by atoms with Crippen LogP contribution in [0.5, 0.6) is 0 Å². The number of hydrogen-bond donors (Lipinski definition) is 0. The van der Waals surface area contributed by atoms with Crippen molar-refractivity contribution < 1.29 is 0 Å². The van der Waals surface area contributed by atoms with Gasteiger partial charge in [-0.15, -0.1) is 0 Å². The number of aryl methyl sites for hydroxylation is 1. The molecule has 0 fully saturated rings. The molecule has 0 atom stereocenters. The molecule has 0 amide bonds. The number of rotatable bonds is 13. The van der Waals surface area contributed by atoms with Crippen LogP contribution in [0.2, 0.25) is 0 Å². The summed E-state index contributed by atoms with van der Waals surface area (Å²) in [7, 11) is 0. The zero-order chi connectivity index (χ0) is 16.0. The molecule has 0 aromatic heterocycles. The van der Waals surface area contributed by atoms with Crippen LogP contribution in [0.1, 0.15) is 108 Å². The lowest BCUT2D eigenvalue weighted by atomic mass is 9.93. The predicted molar refractivity (Wildman–Crippen MR) is 101 cm³/mol. The Balaban J connectivity index is 2.00. The maximum absolute atomic E-state index is 2.33. The van der Waals surface area contributed by atoms with Gasteiger partial charge in [0, 0.05) is 0 Å². The molecule has 1 aromatic carbocycles. The Morgan fingerprint density at radius 2 is 1.18 bits per heavy atom. The van der Waals surface area contributed by atoms with Gasteiger partial charge in [0.15, 0.2) is 0 Å². The molecule has 22 heavy (non-hydrogen) atoms. The third kappa shape index (κ3) is 8.61. The van der Waals surface area contributed by atoms with Crippen LogP contribution in [-0.4, -0.2) is 0 Å². The van der Waals surface area contributed by atoms with Crippen LogP contribution in [0, 0.1) is 0 Å². The molecule has 0 bridgehead atoms. The lowest BCUT2D eigenvalue weighted by molar-refractivity contribution is 0.549. The lowest BCUT2D eigenvalue weighted by Crippen LogP contribution is -1.96. The van der Waals surface area contributed by atoms with Gasteiger partial charge >= 0.3 is 0 Å². The average Bonchev–Trinajstić information content (AvgIpc) is 2.53. The Kier molecular flexibility index (Phi) is 11.2. The molecule has 0 aliphatic rings. The number of unbranched alkanes of at least 4 members (excludes halogenated alkanes) is 10. The standard InChI is InChI=1S/C22H38/c1-4-5-6-7-8-9-10-11-12-13-14-17-21-18-15-16-19-22(21)20(2)3/h15-16,18-20H,4-14,17H2,1-3H3. The minimum atomic E-state index is 0.656. The zero-order valence-electron chi connectivity index (χ0n) is 15.4. The van der Waals surface area contributed by atoms with E-state index in [4.69, 9.17) is 0 Å². The fourth-order valence-electron chi connectivity index (χ4n) is 3.30. The van der Waals surface area contributed by atoms with Crippen LogP contribution in [0.15, 0.2) is 24.3 Å². The summed E-state index contributed by atoms with van der Waals surface area (Å²) in [5.41, 5.74) is 3.13. The second-order valence-electron chi connectivity index (χ2n) is 7.14. The van der Waals surface area contributed by atoms with Crippen LogP contribution < -0.4 is 0 Å². The molecule has 0 N–H and O–H groups in total. The largest absolute Gasteiger partial charge is 0.0654 e. The number of benzene rings is 1. The van der Waals surface area contributed by atoms with Crippen LogP contribution in [0.3, 0.4) is 0 Å². The Hall–Kier alpha value is -0.780. The highest BCUT2D eigenvalue weighted by molar-refractivity contribution is 5.29. The van der Waals surface area contributed by atoms with E-state index in [9.17, 15) is 0 Å². The Labute approximate surface area is 139 Å². The van der Waals surface area contributed by atoms with Crippen LogP contribution in [-0.2, 0) is 6.42 Å². The fourth-order valence-corrected chi connectivity index (χ4v) is 3.30. The molecule has 0 heteroatoms. The minimum Gasteiger partial charge on any atom is -0.0654 e. The van der Waals surface area contributed by atoms with Gasteiger partial charge < -0.3 is 0 Å². The first kappa shape index (κ1) is 19.3. The van der Waals surface area contributed by atoms with E-state index < -0.39 is 0 Å². The molecule has 0 heterocycles. The molecule has 0 unspecified atom stereocenters. The van der Waals surface area contributed by atoms with E-state index in [-0.39, 0.29) is 0 Å². The van der Waals surface area contributed by atoms with Gasteiger partial charge in [-0.05, 0) is 29.9 Å². The van der Waals surface area contributed by atoms with Crippen molar-refractivity contribution in [1.82, 2.24) is 0 Å². The van der Waals surface area contributed by atoms with E-state index in [1.165, 1.54) is 77.0 Å². The monoisotopic (exact) mass is 302 g/mol. The molecule has 0 radical (unpaired) electrons. The summed E-state index contributed by atoms with van der Waals surface area (Å²) >= 11 is 0. The summed E-state index contributed by atoms with van der Waals surface area (Å²) in [5, 5.41) is 0. The van der Waals surface area contributed by atoms with Gasteiger partial charge in [0.2, 0.25) is 0 Å². The maximum atomic E-state index is 2.33. The van der Waals surface area contributed by atoms with Crippen LogP contribution in [0.25, 0.3) is 0 Å². The normalized spacial score (nSPS) is 11.3. The van der Waals surface area contributed by atoms with Crippen LogP contribution in [0.4, 0.5) is 0 Å². The molecular formula is C22H38. The van der Waals surface area contributed by atoms with E-state index in [0.29, 0.717) is 5.92 Å². The SMILES string of the molecule is CCCCCCCCCCCCCc1ccccc1C(C)C. The molecule has 0 aliphatic carbocycles. The fraction of sp³-hybridized carbons (Fsp3) is 0.727. The van der Waals surface area contributed by atoms with E-state index >= 15 is 0 Å². The maximum Gasteiger partial charge on any atom is -0.0216 e. The molecular weight excluding hydrogens is 264 g/mol. The summed E-state index contributed by atoms with van der Waals surface area (Å²) in [6, 6.07) is 9.00. The molecule has 0 spiro atoms. The molecule has 1 rings (SSSR count). The van der Waals surface area contributed by atoms with Crippen LogP contribution >= 0.6 is 0 Å². The third-order valence-corrected chi connectivity index (χ3v) is 4.73. The molecule has 1 aromatic rings. The van der Waals surface area contributed by atoms with Gasteiger partial charge in [-0.2, -0.15) is 0 Å². The summed E-state index contributed by atoms with van der Waals surface area (Å²) in [6.45, 7) is 6.90. The molecule has 0 nitrogen and oxygen atoms in total. The Morgan fingerprint density at radius 3 is 1.73 bits per heavy atom. The average molecular weight is 303 g/mol. The van der Waals surface area contributed by atoms with Gasteiger partial charge in [0.1, 0.15) is 0 Å². The predicted octanol–water partition coefficient (Wildman–Crippen LogP) is 7.66. The first-order valence-corrected chi connectivity index (χ1v) is 9.83. The van der Waals surface area contributed by atoms with E-state index in [2.05, 4.69) is 45.0 Å². The van der Waals surface area contributed by atoms with Gasteiger partial charge in [0.25, 0.3) is 0 Å². The summed E-state index contributed by atoms with van der Waals surface area (Å²) in [5.74, 6) is 0.656. The van der Waals surface area contributed by atoms with Gasteiger partial charge in [-0.3, -0.25) is 0 Å². The van der Waals surface area contributed by atoms with Crippen molar-refractivity contribution >= 4 is 0 Å². The van der Waals surface area contributed by atoms with E-state index in [1.807, 2.05) is 0 Å².